The molecular formula is C10H8FNO5. The van der Waals surface area contributed by atoms with Gasteiger partial charge < -0.3 is 4.74 Å². The molecular weight excluding hydrogens is 233 g/mol. The number of carbonyl (C=O) groups excluding carboxylic acids is 2. The number of nitro benzene ring substituents is 1. The van der Waals surface area contributed by atoms with Gasteiger partial charge in [-0.1, -0.05) is 0 Å². The molecule has 0 aliphatic carbocycles. The summed E-state index contributed by atoms with van der Waals surface area (Å²) >= 11 is 0. The minimum Gasteiger partial charge on any atom is -0.469 e. The Morgan fingerprint density at radius 1 is 1.59 bits per heavy atom. The zero-order chi connectivity index (χ0) is 13.0. The first-order valence-electron chi connectivity index (χ1n) is 4.48. The average Bonchev–Trinajstić information content (AvgIpc) is 2.27. The molecule has 0 radical (unpaired) electrons. The Hall–Kier alpha value is -2.31. The number of hydrogen-bond acceptors (Lipinski definition) is 5. The molecule has 1 aromatic rings. The Kier molecular flexibility index (Phi) is 3.86. The number of nitro groups is 1. The Morgan fingerprint density at radius 3 is 2.71 bits per heavy atom. The van der Waals surface area contributed by atoms with E-state index in [0.717, 1.165) is 19.2 Å². The molecule has 0 atom stereocenters. The zero-order valence-corrected chi connectivity index (χ0v) is 8.81. The fourth-order valence-corrected chi connectivity index (χ4v) is 1.35. The lowest BCUT2D eigenvalue weighted by molar-refractivity contribution is -0.385. The Morgan fingerprint density at radius 2 is 2.24 bits per heavy atom. The van der Waals surface area contributed by atoms with Crippen LogP contribution in [0.3, 0.4) is 0 Å². The number of aldehydes is 1. The number of nitrogens with zero attached hydrogens (tertiary/aromatic N) is 1. The van der Waals surface area contributed by atoms with Crippen LogP contribution in [0.1, 0.15) is 15.9 Å². The van der Waals surface area contributed by atoms with Crippen molar-refractivity contribution < 1.29 is 23.6 Å². The first-order chi connectivity index (χ1) is 7.99. The molecule has 1 rings (SSSR count). The number of ether oxygens (including phenoxy) is 1. The van der Waals surface area contributed by atoms with Crippen molar-refractivity contribution in [3.63, 3.8) is 0 Å². The molecule has 0 bridgehead atoms. The Balaban J connectivity index is 3.35. The smallest absolute Gasteiger partial charge is 0.310 e. The van der Waals surface area contributed by atoms with Gasteiger partial charge in [0.25, 0.3) is 5.69 Å². The molecule has 0 aliphatic rings. The van der Waals surface area contributed by atoms with Gasteiger partial charge >= 0.3 is 5.97 Å². The van der Waals surface area contributed by atoms with Crippen LogP contribution in [0.5, 0.6) is 0 Å². The van der Waals surface area contributed by atoms with Crippen LogP contribution in [-0.4, -0.2) is 24.3 Å². The molecule has 0 heterocycles. The molecule has 0 unspecified atom stereocenters. The number of methoxy groups -OCH3 is 1. The lowest BCUT2D eigenvalue weighted by Crippen LogP contribution is -2.09. The van der Waals surface area contributed by atoms with E-state index >= 15 is 0 Å². The van der Waals surface area contributed by atoms with E-state index in [0.29, 0.717) is 0 Å². The molecule has 0 N–H and O–H groups in total. The third kappa shape index (κ3) is 2.83. The van der Waals surface area contributed by atoms with Gasteiger partial charge in [-0.25, -0.2) is 4.39 Å². The summed E-state index contributed by atoms with van der Waals surface area (Å²) in [6.07, 6.45) is -0.298. The predicted octanol–water partition coefficient (Wildman–Crippen LogP) is 1.26. The third-order valence-corrected chi connectivity index (χ3v) is 2.06. The number of rotatable bonds is 4. The SMILES string of the molecule is COC(=O)Cc1cc(F)cc(C=O)c1[N+](=O)[O-]. The number of esters is 1. The fourth-order valence-electron chi connectivity index (χ4n) is 1.35. The van der Waals surface area contributed by atoms with Crippen molar-refractivity contribution in [3.05, 3.63) is 39.2 Å². The van der Waals surface area contributed by atoms with Gasteiger partial charge in [-0.3, -0.25) is 19.7 Å². The number of halogens is 1. The van der Waals surface area contributed by atoms with E-state index in [2.05, 4.69) is 4.74 Å². The molecule has 0 spiro atoms. The van der Waals surface area contributed by atoms with Crippen LogP contribution < -0.4 is 0 Å². The van der Waals surface area contributed by atoms with Gasteiger partial charge in [-0.2, -0.15) is 0 Å². The summed E-state index contributed by atoms with van der Waals surface area (Å²) in [5.74, 6) is -1.58. The van der Waals surface area contributed by atoms with Gasteiger partial charge in [-0.15, -0.1) is 0 Å². The Bertz CT molecular complexity index is 486. The van der Waals surface area contributed by atoms with Gasteiger partial charge in [0, 0.05) is 5.56 Å². The van der Waals surface area contributed by atoms with Crippen LogP contribution >= 0.6 is 0 Å². The normalized spacial score (nSPS) is 9.76. The van der Waals surface area contributed by atoms with Crippen molar-refractivity contribution in [1.29, 1.82) is 0 Å². The molecule has 0 fully saturated rings. The highest BCUT2D eigenvalue weighted by molar-refractivity contribution is 5.84. The Labute approximate surface area is 95.1 Å². The molecule has 0 aromatic heterocycles. The highest BCUT2D eigenvalue weighted by Gasteiger charge is 2.23. The van der Waals surface area contributed by atoms with Gasteiger partial charge in [0.1, 0.15) is 5.82 Å². The highest BCUT2D eigenvalue weighted by Crippen LogP contribution is 2.24. The van der Waals surface area contributed by atoms with E-state index < -0.39 is 34.4 Å². The standard InChI is InChI=1S/C10H8FNO5/c1-17-9(14)4-6-2-8(11)3-7(5-13)10(6)12(15)16/h2-3,5H,4H2,1H3. The third-order valence-electron chi connectivity index (χ3n) is 2.06. The van der Waals surface area contributed by atoms with Crippen LogP contribution in [0.15, 0.2) is 12.1 Å². The van der Waals surface area contributed by atoms with E-state index in [9.17, 15) is 24.1 Å². The minimum absolute atomic E-state index is 0.169. The second-order valence-electron chi connectivity index (χ2n) is 3.13. The van der Waals surface area contributed by atoms with Crippen LogP contribution in [0, 0.1) is 15.9 Å². The first kappa shape index (κ1) is 12.8. The van der Waals surface area contributed by atoms with Gasteiger partial charge in [0.2, 0.25) is 0 Å². The van der Waals surface area contributed by atoms with Crippen LogP contribution in [0.25, 0.3) is 0 Å². The molecule has 0 aliphatic heterocycles. The largest absolute Gasteiger partial charge is 0.469 e. The first-order valence-corrected chi connectivity index (χ1v) is 4.48. The molecule has 7 heteroatoms. The lowest BCUT2D eigenvalue weighted by atomic mass is 10.0. The molecule has 0 saturated heterocycles. The molecule has 1 aromatic carbocycles. The molecule has 90 valence electrons. The summed E-state index contributed by atoms with van der Waals surface area (Å²) in [7, 11) is 1.11. The van der Waals surface area contributed by atoms with Crippen molar-refractivity contribution in [2.45, 2.75) is 6.42 Å². The maximum absolute atomic E-state index is 13.1. The molecule has 0 saturated carbocycles. The molecule has 0 amide bonds. The minimum atomic E-state index is -0.832. The van der Waals surface area contributed by atoms with Crippen molar-refractivity contribution in [1.82, 2.24) is 0 Å². The van der Waals surface area contributed by atoms with Gasteiger partial charge in [-0.05, 0) is 12.1 Å². The van der Waals surface area contributed by atoms with E-state index in [4.69, 9.17) is 0 Å². The van der Waals surface area contributed by atoms with Crippen molar-refractivity contribution >= 4 is 17.9 Å². The average molecular weight is 241 g/mol. The summed E-state index contributed by atoms with van der Waals surface area (Å²) in [6, 6.07) is 1.58. The molecule has 17 heavy (non-hydrogen) atoms. The van der Waals surface area contributed by atoms with E-state index in [1.54, 1.807) is 0 Å². The number of benzene rings is 1. The summed E-state index contributed by atoms with van der Waals surface area (Å²) in [6.45, 7) is 0. The summed E-state index contributed by atoms with van der Waals surface area (Å²) in [5.41, 5.74) is -1.18. The second kappa shape index (κ2) is 5.15. The van der Waals surface area contributed by atoms with Gasteiger partial charge in [0.15, 0.2) is 6.29 Å². The predicted molar refractivity (Wildman–Crippen MR) is 54.2 cm³/mol. The van der Waals surface area contributed by atoms with E-state index in [1.807, 2.05) is 0 Å². The molecule has 6 nitrogen and oxygen atoms in total. The summed E-state index contributed by atoms with van der Waals surface area (Å²) in [4.78, 5) is 31.5. The maximum Gasteiger partial charge on any atom is 0.310 e. The summed E-state index contributed by atoms with van der Waals surface area (Å²) < 4.78 is 17.4. The summed E-state index contributed by atoms with van der Waals surface area (Å²) in [5, 5.41) is 10.8. The zero-order valence-electron chi connectivity index (χ0n) is 8.81. The maximum atomic E-state index is 13.1. The number of carbonyl (C=O) groups is 2. The topological polar surface area (TPSA) is 86.5 Å². The van der Waals surface area contributed by atoms with Crippen LogP contribution in [-0.2, 0) is 16.0 Å². The van der Waals surface area contributed by atoms with Crippen LogP contribution in [0.4, 0.5) is 10.1 Å². The monoisotopic (exact) mass is 241 g/mol. The van der Waals surface area contributed by atoms with Gasteiger partial charge in [0.05, 0.1) is 24.0 Å². The fraction of sp³-hybridized carbons (Fsp3) is 0.200. The van der Waals surface area contributed by atoms with Crippen molar-refractivity contribution in [3.8, 4) is 0 Å². The highest BCUT2D eigenvalue weighted by atomic mass is 19.1. The van der Waals surface area contributed by atoms with E-state index in [-0.39, 0.29) is 11.8 Å². The quantitative estimate of drug-likeness (QED) is 0.343. The van der Waals surface area contributed by atoms with Crippen LogP contribution in [0.2, 0.25) is 0 Å². The number of hydrogen-bond donors (Lipinski definition) is 0. The van der Waals surface area contributed by atoms with Crippen molar-refractivity contribution in [2.24, 2.45) is 0 Å². The lowest BCUT2D eigenvalue weighted by Gasteiger charge is -2.04. The van der Waals surface area contributed by atoms with E-state index in [1.165, 1.54) is 0 Å². The second-order valence-corrected chi connectivity index (χ2v) is 3.13. The van der Waals surface area contributed by atoms with Crippen molar-refractivity contribution in [2.75, 3.05) is 7.11 Å².